The highest BCUT2D eigenvalue weighted by Crippen LogP contribution is 2.19. The lowest BCUT2D eigenvalue weighted by atomic mass is 9.98. The molecule has 2 rings (SSSR count). The molecule has 1 aromatic heterocycles. The number of nitrogens with zero attached hydrogens (tertiary/aromatic N) is 3. The number of piperidine rings is 1. The van der Waals surface area contributed by atoms with Crippen LogP contribution in [0.3, 0.4) is 0 Å². The van der Waals surface area contributed by atoms with E-state index in [0.717, 1.165) is 30.5 Å². The predicted molar refractivity (Wildman–Crippen MR) is 72.0 cm³/mol. The average molecular weight is 302 g/mol. The molecule has 8 heteroatoms. The third-order valence-electron chi connectivity index (χ3n) is 3.64. The third kappa shape index (κ3) is 4.75. The maximum absolute atomic E-state index is 12.8. The van der Waals surface area contributed by atoms with Crippen molar-refractivity contribution in [2.24, 2.45) is 5.92 Å². The van der Waals surface area contributed by atoms with Crippen molar-refractivity contribution >= 4 is 5.97 Å². The Hall–Kier alpha value is -1.54. The van der Waals surface area contributed by atoms with Gasteiger partial charge in [0.25, 0.3) is 0 Å². The lowest BCUT2D eigenvalue weighted by Crippen LogP contribution is -2.40. The van der Waals surface area contributed by atoms with Crippen LogP contribution in [0.1, 0.15) is 25.2 Å². The summed E-state index contributed by atoms with van der Waals surface area (Å²) in [4.78, 5) is 16.5. The van der Waals surface area contributed by atoms with Gasteiger partial charge < -0.3 is 10.4 Å². The van der Waals surface area contributed by atoms with Crippen LogP contribution in [0.5, 0.6) is 0 Å². The molecule has 1 atom stereocenters. The molecule has 0 amide bonds. The average Bonchev–Trinajstić information content (AvgIpc) is 2.87. The normalized spacial score (nSPS) is 20.0. The molecule has 0 spiro atoms. The van der Waals surface area contributed by atoms with E-state index in [1.165, 1.54) is 12.4 Å². The molecule has 1 aliphatic heterocycles. The molecule has 6 nitrogen and oxygen atoms in total. The number of carbonyl (C=O) groups is 1. The first-order valence-electron chi connectivity index (χ1n) is 7.01. The van der Waals surface area contributed by atoms with Crippen molar-refractivity contribution in [3.05, 3.63) is 18.2 Å². The minimum Gasteiger partial charge on any atom is -0.480 e. The first-order chi connectivity index (χ1) is 10.1. The summed E-state index contributed by atoms with van der Waals surface area (Å²) in [6, 6.07) is 0. The van der Waals surface area contributed by atoms with Gasteiger partial charge in [0.2, 0.25) is 0 Å². The van der Waals surface area contributed by atoms with Gasteiger partial charge in [-0.05, 0) is 31.8 Å². The smallest absolute Gasteiger partial charge is 0.319 e. The summed E-state index contributed by atoms with van der Waals surface area (Å²) in [6.07, 6.45) is 4.67. The van der Waals surface area contributed by atoms with Crippen molar-refractivity contribution in [1.29, 1.82) is 0 Å². The molecule has 1 saturated heterocycles. The molecule has 0 radical (unpaired) electrons. The lowest BCUT2D eigenvalue weighted by molar-refractivity contribution is -0.136. The van der Waals surface area contributed by atoms with Gasteiger partial charge in [-0.2, -0.15) is 8.78 Å². The maximum atomic E-state index is 12.8. The number of rotatable bonds is 7. The van der Waals surface area contributed by atoms with Gasteiger partial charge in [0.05, 0.1) is 13.1 Å². The number of hydrogen-bond acceptors (Lipinski definition) is 4. The molecule has 118 valence electrons. The van der Waals surface area contributed by atoms with Gasteiger partial charge in [-0.1, -0.05) is 0 Å². The summed E-state index contributed by atoms with van der Waals surface area (Å²) in [6.45, 7) is 0.0275. The first-order valence-corrected chi connectivity index (χ1v) is 7.01. The fraction of sp³-hybridized carbons (Fsp3) is 0.692. The Labute approximate surface area is 121 Å². The number of halogens is 2. The molecule has 0 saturated carbocycles. The van der Waals surface area contributed by atoms with E-state index in [1.807, 2.05) is 0 Å². The highest BCUT2D eigenvalue weighted by molar-refractivity contribution is 5.68. The van der Waals surface area contributed by atoms with Crippen LogP contribution in [0.15, 0.2) is 12.4 Å². The Kier molecular flexibility index (Phi) is 5.63. The zero-order valence-corrected chi connectivity index (χ0v) is 11.7. The number of aliphatic carboxylic acids is 1. The van der Waals surface area contributed by atoms with E-state index in [4.69, 9.17) is 5.11 Å². The van der Waals surface area contributed by atoms with Gasteiger partial charge in [-0.3, -0.25) is 14.3 Å². The van der Waals surface area contributed by atoms with Gasteiger partial charge in [0.15, 0.2) is 0 Å². The number of aromatic nitrogens is 2. The summed E-state index contributed by atoms with van der Waals surface area (Å²) < 4.78 is 26.4. The summed E-state index contributed by atoms with van der Waals surface area (Å²) in [7, 11) is 0. The standard InChI is InChI=1S/C13H20F2N4O2/c14-13(15)19-5-3-17-11(19)9-18-4-1-2-10(8-18)6-16-7-12(20)21/h3,5,10,13,16H,1-2,4,6-9H2,(H,20,21). The lowest BCUT2D eigenvalue weighted by Gasteiger charge is -2.32. The Morgan fingerprint density at radius 3 is 3.10 bits per heavy atom. The van der Waals surface area contributed by atoms with Crippen LogP contribution in [0.2, 0.25) is 0 Å². The Morgan fingerprint density at radius 1 is 1.57 bits per heavy atom. The van der Waals surface area contributed by atoms with Crippen LogP contribution >= 0.6 is 0 Å². The molecule has 1 aromatic rings. The number of nitrogens with one attached hydrogen (secondary N) is 1. The molecule has 21 heavy (non-hydrogen) atoms. The Morgan fingerprint density at radius 2 is 2.38 bits per heavy atom. The highest BCUT2D eigenvalue weighted by Gasteiger charge is 2.22. The number of alkyl halides is 2. The zero-order valence-electron chi connectivity index (χ0n) is 11.7. The second-order valence-corrected chi connectivity index (χ2v) is 5.30. The van der Waals surface area contributed by atoms with Gasteiger partial charge in [0.1, 0.15) is 5.82 Å². The van der Waals surface area contributed by atoms with Crippen LogP contribution in [0.25, 0.3) is 0 Å². The Bertz CT molecular complexity index is 467. The number of imidazole rings is 1. The maximum Gasteiger partial charge on any atom is 0.319 e. The van der Waals surface area contributed by atoms with Crippen molar-refractivity contribution in [3.8, 4) is 0 Å². The second-order valence-electron chi connectivity index (χ2n) is 5.30. The van der Waals surface area contributed by atoms with Crippen LogP contribution in [0.4, 0.5) is 8.78 Å². The van der Waals surface area contributed by atoms with Crippen LogP contribution in [-0.2, 0) is 11.3 Å². The van der Waals surface area contributed by atoms with Crippen molar-refractivity contribution < 1.29 is 18.7 Å². The number of hydrogen-bond donors (Lipinski definition) is 2. The molecule has 0 aliphatic carbocycles. The molecule has 1 aliphatic rings. The first kappa shape index (κ1) is 15.8. The summed E-state index contributed by atoms with van der Waals surface area (Å²) >= 11 is 0. The quantitative estimate of drug-likeness (QED) is 0.791. The molecule has 1 fully saturated rings. The van der Waals surface area contributed by atoms with E-state index in [1.54, 1.807) is 0 Å². The van der Waals surface area contributed by atoms with E-state index in [9.17, 15) is 13.6 Å². The second kappa shape index (κ2) is 7.46. The number of carboxylic acids is 1. The molecule has 0 bridgehead atoms. The van der Waals surface area contributed by atoms with E-state index in [2.05, 4.69) is 15.2 Å². The molecular weight excluding hydrogens is 282 g/mol. The summed E-state index contributed by atoms with van der Waals surface area (Å²) in [5, 5.41) is 11.5. The van der Waals surface area contributed by atoms with E-state index < -0.39 is 12.5 Å². The van der Waals surface area contributed by atoms with E-state index in [0.29, 0.717) is 24.8 Å². The molecular formula is C13H20F2N4O2. The van der Waals surface area contributed by atoms with Crippen molar-refractivity contribution in [2.45, 2.75) is 25.9 Å². The largest absolute Gasteiger partial charge is 0.480 e. The molecule has 0 aromatic carbocycles. The SMILES string of the molecule is O=C(O)CNCC1CCCN(Cc2nccn2C(F)F)C1. The topological polar surface area (TPSA) is 70.4 Å². The fourth-order valence-corrected chi connectivity index (χ4v) is 2.69. The monoisotopic (exact) mass is 302 g/mol. The zero-order chi connectivity index (χ0) is 15.2. The highest BCUT2D eigenvalue weighted by atomic mass is 19.3. The van der Waals surface area contributed by atoms with Crippen LogP contribution < -0.4 is 5.32 Å². The van der Waals surface area contributed by atoms with Gasteiger partial charge in [0, 0.05) is 18.9 Å². The minimum absolute atomic E-state index is 0.0493. The number of carboxylic acid groups (broad SMARTS) is 1. The van der Waals surface area contributed by atoms with Gasteiger partial charge in [-0.25, -0.2) is 4.98 Å². The molecule has 2 N–H and O–H groups in total. The molecule has 2 heterocycles. The van der Waals surface area contributed by atoms with Gasteiger partial charge >= 0.3 is 12.5 Å². The fourth-order valence-electron chi connectivity index (χ4n) is 2.69. The summed E-state index contributed by atoms with van der Waals surface area (Å²) in [5.41, 5.74) is 0. The van der Waals surface area contributed by atoms with Crippen molar-refractivity contribution in [1.82, 2.24) is 19.8 Å². The van der Waals surface area contributed by atoms with Crippen molar-refractivity contribution in [3.63, 3.8) is 0 Å². The predicted octanol–water partition coefficient (Wildman–Crippen LogP) is 1.16. The number of likely N-dealkylation sites (tertiary alicyclic amines) is 1. The molecule has 1 unspecified atom stereocenters. The van der Waals surface area contributed by atoms with E-state index in [-0.39, 0.29) is 6.54 Å². The van der Waals surface area contributed by atoms with Crippen LogP contribution in [-0.4, -0.2) is 51.7 Å². The van der Waals surface area contributed by atoms with Gasteiger partial charge in [-0.15, -0.1) is 0 Å². The third-order valence-corrected chi connectivity index (χ3v) is 3.64. The van der Waals surface area contributed by atoms with Crippen LogP contribution in [0, 0.1) is 5.92 Å². The summed E-state index contributed by atoms with van der Waals surface area (Å²) in [5.74, 6) is -0.168. The van der Waals surface area contributed by atoms with E-state index >= 15 is 0 Å². The minimum atomic E-state index is -2.57. The Balaban J connectivity index is 1.83. The van der Waals surface area contributed by atoms with Crippen molar-refractivity contribution in [2.75, 3.05) is 26.2 Å².